The average molecular weight is 655 g/mol. The third-order valence-electron chi connectivity index (χ3n) is 5.72. The van der Waals surface area contributed by atoms with Gasteiger partial charge in [0, 0.05) is 17.1 Å². The molecule has 0 bridgehead atoms. The van der Waals surface area contributed by atoms with Crippen LogP contribution in [-0.4, -0.2) is 88.6 Å². The Morgan fingerprint density at radius 3 is 1.90 bits per heavy atom. The Bertz CT molecular complexity index is 1160. The molecule has 9 nitrogen and oxygen atoms in total. The average Bonchev–Trinajstić information content (AvgIpc) is 3.22. The number of hydrogen-bond donors (Lipinski definition) is 1. The number of aromatic nitrogens is 1. The highest BCUT2D eigenvalue weighted by Crippen LogP contribution is 2.28. The first kappa shape index (κ1) is 36.6. The van der Waals surface area contributed by atoms with E-state index in [-0.39, 0.29) is 19.0 Å². The van der Waals surface area contributed by atoms with Gasteiger partial charge in [-0.1, -0.05) is 23.4 Å². The second-order valence-corrected chi connectivity index (χ2v) is 32.4. The zero-order valence-corrected chi connectivity index (χ0v) is 32.0. The van der Waals surface area contributed by atoms with Crippen LogP contribution in [0.2, 0.25) is 78.6 Å². The minimum absolute atomic E-state index is 0.0350. The molecule has 4 atom stereocenters. The van der Waals surface area contributed by atoms with Crippen LogP contribution in [0.1, 0.15) is 5.56 Å². The van der Waals surface area contributed by atoms with Gasteiger partial charge in [0.25, 0.3) is 0 Å². The predicted molar refractivity (Wildman–Crippen MR) is 181 cm³/mol. The second-order valence-electron chi connectivity index (χ2n) is 14.5. The first-order chi connectivity index (χ1) is 19.2. The number of aromatic amines is 1. The van der Waals surface area contributed by atoms with E-state index in [0.29, 0.717) is 0 Å². The molecule has 1 N–H and O–H groups in total. The van der Waals surface area contributed by atoms with Gasteiger partial charge in [0.2, 0.25) is 0 Å². The molecule has 0 fully saturated rings. The minimum atomic E-state index is -2.16. The highest BCUT2D eigenvalue weighted by Gasteiger charge is 2.44. The molecule has 42 heavy (non-hydrogen) atoms. The maximum absolute atomic E-state index is 13.2. The summed E-state index contributed by atoms with van der Waals surface area (Å²) in [4.78, 5) is 21.5. The van der Waals surface area contributed by atoms with Gasteiger partial charge in [-0.25, -0.2) is 0 Å². The first-order valence-corrected chi connectivity index (χ1v) is 28.3. The summed E-state index contributed by atoms with van der Waals surface area (Å²) in [5.74, 6) is -0.325. The third-order valence-corrected chi connectivity index (χ3v) is 9.67. The molecule has 0 saturated carbocycles. The van der Waals surface area contributed by atoms with Gasteiger partial charge in [-0.05, 0) is 90.2 Å². The zero-order chi connectivity index (χ0) is 31.9. The van der Waals surface area contributed by atoms with E-state index in [1.54, 1.807) is 6.21 Å². The number of nitrogens with zero attached hydrogens (tertiary/aromatic N) is 1. The summed E-state index contributed by atoms with van der Waals surface area (Å²) in [6.07, 6.45) is 1.45. The Kier molecular flexibility index (Phi) is 13.0. The van der Waals surface area contributed by atoms with Gasteiger partial charge < -0.3 is 32.3 Å². The Morgan fingerprint density at radius 2 is 1.36 bits per heavy atom. The Labute approximate surface area is 257 Å². The second kappa shape index (κ2) is 14.9. The molecular weight excluding hydrogens is 601 g/mol. The molecule has 0 aliphatic rings. The van der Waals surface area contributed by atoms with Crippen LogP contribution in [0.4, 0.5) is 0 Å². The maximum Gasteiger partial charge on any atom is 0.310 e. The topological polar surface area (TPSA) is 101 Å². The SMILES string of the molecule is CO/N=C\[C@H](O[Si](C)(C)C)[C@@H](O[Si](C)(C)C)[C@H](O[Si](C)(C)C)[C@@H](COC(=O)Cc1c[nH]c2ccccc12)O[Si](C)(C)C. The molecule has 1 heterocycles. The van der Waals surface area contributed by atoms with Gasteiger partial charge in [-0.3, -0.25) is 4.79 Å². The molecule has 2 aromatic rings. The van der Waals surface area contributed by atoms with Crippen LogP contribution in [-0.2, 0) is 38.5 Å². The number of oxime groups is 1. The fourth-order valence-corrected chi connectivity index (χ4v) is 8.82. The van der Waals surface area contributed by atoms with Gasteiger partial charge in [0.15, 0.2) is 33.3 Å². The fourth-order valence-electron chi connectivity index (χ4n) is 4.51. The monoisotopic (exact) mass is 654 g/mol. The molecule has 1 aromatic carbocycles. The van der Waals surface area contributed by atoms with E-state index in [2.05, 4.69) is 88.7 Å². The lowest BCUT2D eigenvalue weighted by Crippen LogP contribution is -2.59. The zero-order valence-electron chi connectivity index (χ0n) is 28.0. The van der Waals surface area contributed by atoms with Crippen LogP contribution in [0.15, 0.2) is 35.6 Å². The van der Waals surface area contributed by atoms with E-state index >= 15 is 0 Å². The maximum atomic E-state index is 13.2. The predicted octanol–water partition coefficient (Wildman–Crippen LogP) is 6.77. The highest BCUT2D eigenvalue weighted by molar-refractivity contribution is 6.71. The van der Waals surface area contributed by atoms with Gasteiger partial charge >= 0.3 is 5.97 Å². The number of esters is 1. The summed E-state index contributed by atoms with van der Waals surface area (Å²) in [6.45, 7) is 25.6. The van der Waals surface area contributed by atoms with Crippen molar-refractivity contribution in [3.63, 3.8) is 0 Å². The highest BCUT2D eigenvalue weighted by atomic mass is 28.4. The summed E-state index contributed by atoms with van der Waals surface area (Å²) >= 11 is 0. The van der Waals surface area contributed by atoms with E-state index in [4.69, 9.17) is 27.3 Å². The molecule has 0 amide bonds. The van der Waals surface area contributed by atoms with Crippen molar-refractivity contribution in [3.8, 4) is 0 Å². The number of rotatable bonds is 17. The smallest absolute Gasteiger partial charge is 0.310 e. The summed E-state index contributed by atoms with van der Waals surface area (Å²) < 4.78 is 33.1. The van der Waals surface area contributed by atoms with Crippen LogP contribution in [0.3, 0.4) is 0 Å². The van der Waals surface area contributed by atoms with Crippen molar-refractivity contribution in [3.05, 3.63) is 36.0 Å². The molecular formula is C29H54N2O7Si4. The van der Waals surface area contributed by atoms with Crippen molar-refractivity contribution in [2.45, 2.75) is 109 Å². The largest absolute Gasteiger partial charge is 0.463 e. The first-order valence-electron chi connectivity index (χ1n) is 14.7. The van der Waals surface area contributed by atoms with Crippen molar-refractivity contribution in [2.24, 2.45) is 5.16 Å². The van der Waals surface area contributed by atoms with Crippen molar-refractivity contribution in [1.82, 2.24) is 4.98 Å². The Morgan fingerprint density at radius 1 is 0.810 bits per heavy atom. The van der Waals surface area contributed by atoms with Crippen molar-refractivity contribution in [1.29, 1.82) is 0 Å². The van der Waals surface area contributed by atoms with Crippen LogP contribution in [0.25, 0.3) is 10.9 Å². The van der Waals surface area contributed by atoms with Crippen LogP contribution in [0, 0.1) is 0 Å². The van der Waals surface area contributed by atoms with Gasteiger partial charge in [0.1, 0.15) is 38.1 Å². The van der Waals surface area contributed by atoms with Gasteiger partial charge in [-0.2, -0.15) is 0 Å². The van der Waals surface area contributed by atoms with E-state index in [1.165, 1.54) is 7.11 Å². The lowest BCUT2D eigenvalue weighted by atomic mass is 10.0. The van der Waals surface area contributed by atoms with E-state index in [1.807, 2.05) is 30.5 Å². The number of benzene rings is 1. The van der Waals surface area contributed by atoms with E-state index in [9.17, 15) is 4.79 Å². The number of carbonyl (C=O) groups is 1. The normalized spacial score (nSPS) is 16.4. The quantitative estimate of drug-likeness (QED) is 0.0870. The fraction of sp³-hybridized carbons (Fsp3) is 0.655. The molecule has 0 aliphatic carbocycles. The number of hydrogen-bond acceptors (Lipinski definition) is 8. The molecule has 0 spiro atoms. The van der Waals surface area contributed by atoms with Crippen molar-refractivity contribution < 1.29 is 32.1 Å². The van der Waals surface area contributed by atoms with Crippen molar-refractivity contribution in [2.75, 3.05) is 13.7 Å². The van der Waals surface area contributed by atoms with Crippen molar-refractivity contribution >= 4 is 56.4 Å². The summed E-state index contributed by atoms with van der Waals surface area (Å²) in [5.41, 5.74) is 1.88. The van der Waals surface area contributed by atoms with E-state index in [0.717, 1.165) is 16.5 Å². The minimum Gasteiger partial charge on any atom is -0.463 e. The number of ether oxygens (including phenoxy) is 1. The molecule has 13 heteroatoms. The summed E-state index contributed by atoms with van der Waals surface area (Å²) in [6, 6.07) is 7.92. The Hall–Kier alpha value is -1.59. The summed E-state index contributed by atoms with van der Waals surface area (Å²) in [7, 11) is -7.00. The van der Waals surface area contributed by atoms with Crippen LogP contribution in [0.5, 0.6) is 0 Å². The molecule has 1 aromatic heterocycles. The molecule has 0 unspecified atom stereocenters. The van der Waals surface area contributed by atoms with Gasteiger partial charge in [0.05, 0.1) is 12.6 Å². The number of H-pyrrole nitrogens is 1. The van der Waals surface area contributed by atoms with Crippen LogP contribution >= 0.6 is 0 Å². The number of nitrogens with one attached hydrogen (secondary N) is 1. The third kappa shape index (κ3) is 13.4. The molecule has 2 rings (SSSR count). The summed E-state index contributed by atoms with van der Waals surface area (Å²) in [5, 5.41) is 5.11. The molecule has 0 radical (unpaired) electrons. The molecule has 238 valence electrons. The number of carbonyl (C=O) groups excluding carboxylic acids is 1. The Balaban J connectivity index is 2.49. The van der Waals surface area contributed by atoms with E-state index < -0.39 is 57.7 Å². The lowest BCUT2D eigenvalue weighted by molar-refractivity contribution is -0.149. The lowest BCUT2D eigenvalue weighted by Gasteiger charge is -2.44. The number of para-hydroxylation sites is 1. The molecule has 0 aliphatic heterocycles. The van der Waals surface area contributed by atoms with Gasteiger partial charge in [-0.15, -0.1) is 0 Å². The van der Waals surface area contributed by atoms with Crippen LogP contribution < -0.4 is 0 Å². The molecule has 0 saturated heterocycles. The standard InChI is InChI=1S/C29H54N2O7Si4/c1-33-31-20-25(35-39(2,3)4)28(37-41(8,9)10)29(38-42(11,12)13)26(36-40(5,6)7)21-34-27(32)18-22-19-30-24-17-15-14-16-23(22)24/h14-17,19-20,25-26,28-30H,18,21H2,1-13H3/b31-20-/t25-,26+,28+,29+/m0/s1. The number of fused-ring (bicyclic) bond motifs is 1.